The van der Waals surface area contributed by atoms with E-state index in [2.05, 4.69) is 206 Å². The summed E-state index contributed by atoms with van der Waals surface area (Å²) in [6.45, 7) is 0. The van der Waals surface area contributed by atoms with Crippen LogP contribution in [0.5, 0.6) is 0 Å². The van der Waals surface area contributed by atoms with Gasteiger partial charge in [0, 0.05) is 20.2 Å². The third-order valence-corrected chi connectivity index (χ3v) is 13.2. The molecule has 1 heterocycles. The molecular weight excluding hydrogens is 705 g/mol. The minimum Gasteiger partial charge on any atom is -0.135 e. The van der Waals surface area contributed by atoms with Gasteiger partial charge in [-0.05, 0) is 117 Å². The van der Waals surface area contributed by atoms with E-state index >= 15 is 0 Å². The third-order valence-electron chi connectivity index (χ3n) is 12.1. The molecule has 264 valence electrons. The van der Waals surface area contributed by atoms with Crippen LogP contribution in [0.15, 0.2) is 206 Å². The van der Waals surface area contributed by atoms with Gasteiger partial charge in [0.2, 0.25) is 0 Å². The van der Waals surface area contributed by atoms with Crippen LogP contribution >= 0.6 is 11.3 Å². The van der Waals surface area contributed by atoms with Crippen LogP contribution in [0.1, 0.15) is 0 Å². The van der Waals surface area contributed by atoms with Crippen LogP contribution in [0, 0.1) is 0 Å². The highest BCUT2D eigenvalue weighted by Gasteiger charge is 2.21. The number of rotatable bonds is 4. The Morgan fingerprint density at radius 2 is 0.754 bits per heavy atom. The van der Waals surface area contributed by atoms with Crippen LogP contribution in [0.2, 0.25) is 0 Å². The highest BCUT2D eigenvalue weighted by Crippen LogP contribution is 2.49. The number of benzene rings is 11. The van der Waals surface area contributed by atoms with E-state index < -0.39 is 0 Å². The lowest BCUT2D eigenvalue weighted by molar-refractivity contribution is 1.60. The molecule has 0 aliphatic rings. The van der Waals surface area contributed by atoms with Gasteiger partial charge >= 0.3 is 0 Å². The fraction of sp³-hybridized carbons (Fsp3) is 0. The van der Waals surface area contributed by atoms with Crippen molar-refractivity contribution in [3.63, 3.8) is 0 Å². The van der Waals surface area contributed by atoms with Gasteiger partial charge in [-0.2, -0.15) is 0 Å². The molecular formula is C56H34S. The van der Waals surface area contributed by atoms with E-state index in [9.17, 15) is 0 Å². The van der Waals surface area contributed by atoms with E-state index in [1.807, 2.05) is 11.3 Å². The number of hydrogen-bond acceptors (Lipinski definition) is 1. The van der Waals surface area contributed by atoms with Gasteiger partial charge in [-0.3, -0.25) is 0 Å². The van der Waals surface area contributed by atoms with Crippen LogP contribution < -0.4 is 0 Å². The molecule has 0 spiro atoms. The van der Waals surface area contributed by atoms with Crippen molar-refractivity contribution in [2.75, 3.05) is 0 Å². The average Bonchev–Trinajstić information content (AvgIpc) is 3.68. The lowest BCUT2D eigenvalue weighted by Gasteiger charge is -2.19. The Hall–Kier alpha value is -7.06. The predicted octanol–water partition coefficient (Wildman–Crippen LogP) is 16.5. The van der Waals surface area contributed by atoms with Gasteiger partial charge in [0.1, 0.15) is 0 Å². The standard InChI is InChI=1S/C56H34S/c1-4-18-41-35(14-1)32-33-52-55(41)56-49(26-13-27-51(56)57-52)54-47-24-11-9-22-45(47)53(46-23-10-12-25-48(46)54)37-30-28-36(29-31-37)39-16-5-6-20-43(39)50-34-38-15-2-3-17-40(38)42-19-7-8-21-44(42)50/h1-34H. The van der Waals surface area contributed by atoms with Gasteiger partial charge in [0.15, 0.2) is 0 Å². The van der Waals surface area contributed by atoms with Crippen molar-refractivity contribution in [3.8, 4) is 44.5 Å². The van der Waals surface area contributed by atoms with Gasteiger partial charge < -0.3 is 0 Å². The number of thiophene rings is 1. The second-order valence-corrected chi connectivity index (χ2v) is 16.2. The highest BCUT2D eigenvalue weighted by atomic mass is 32.1. The van der Waals surface area contributed by atoms with Crippen molar-refractivity contribution >= 4 is 85.4 Å². The minimum atomic E-state index is 1.21. The summed E-state index contributed by atoms with van der Waals surface area (Å²) >= 11 is 1.90. The van der Waals surface area contributed by atoms with Crippen molar-refractivity contribution in [1.82, 2.24) is 0 Å². The summed E-state index contributed by atoms with van der Waals surface area (Å²) < 4.78 is 2.65. The Kier molecular flexibility index (Phi) is 7.20. The fourth-order valence-electron chi connectivity index (χ4n) is 9.59. The van der Waals surface area contributed by atoms with Crippen molar-refractivity contribution in [2.24, 2.45) is 0 Å². The van der Waals surface area contributed by atoms with E-state index in [1.165, 1.54) is 119 Å². The molecule has 0 bridgehead atoms. The molecule has 0 N–H and O–H groups in total. The molecule has 1 aromatic heterocycles. The highest BCUT2D eigenvalue weighted by molar-refractivity contribution is 7.26. The second kappa shape index (κ2) is 12.7. The van der Waals surface area contributed by atoms with Crippen molar-refractivity contribution in [1.29, 1.82) is 0 Å². The summed E-state index contributed by atoms with van der Waals surface area (Å²) in [5.74, 6) is 0. The first-order chi connectivity index (χ1) is 28.3. The molecule has 57 heavy (non-hydrogen) atoms. The zero-order chi connectivity index (χ0) is 37.5. The normalized spacial score (nSPS) is 11.9. The van der Waals surface area contributed by atoms with Crippen molar-refractivity contribution in [2.45, 2.75) is 0 Å². The summed E-state index contributed by atoms with van der Waals surface area (Å²) in [7, 11) is 0. The van der Waals surface area contributed by atoms with E-state index in [1.54, 1.807) is 0 Å². The lowest BCUT2D eigenvalue weighted by atomic mass is 9.84. The number of fused-ring (bicyclic) bond motifs is 10. The van der Waals surface area contributed by atoms with Gasteiger partial charge in [0.05, 0.1) is 0 Å². The van der Waals surface area contributed by atoms with E-state index in [0.29, 0.717) is 0 Å². The summed E-state index contributed by atoms with van der Waals surface area (Å²) in [5.41, 5.74) is 10.0. The van der Waals surface area contributed by atoms with E-state index in [4.69, 9.17) is 0 Å². The molecule has 0 atom stereocenters. The summed E-state index contributed by atoms with van der Waals surface area (Å²) in [5, 5.41) is 15.5. The smallest absolute Gasteiger partial charge is 0.0362 e. The maximum absolute atomic E-state index is 2.37. The van der Waals surface area contributed by atoms with E-state index in [-0.39, 0.29) is 0 Å². The average molecular weight is 739 g/mol. The Labute approximate surface area is 334 Å². The lowest BCUT2D eigenvalue weighted by Crippen LogP contribution is -1.92. The monoisotopic (exact) mass is 738 g/mol. The molecule has 0 nitrogen and oxygen atoms in total. The Morgan fingerprint density at radius 3 is 1.47 bits per heavy atom. The maximum Gasteiger partial charge on any atom is 0.0362 e. The zero-order valence-corrected chi connectivity index (χ0v) is 31.9. The molecule has 0 aliphatic heterocycles. The van der Waals surface area contributed by atoms with Crippen LogP contribution in [0.4, 0.5) is 0 Å². The van der Waals surface area contributed by atoms with Crippen molar-refractivity contribution < 1.29 is 0 Å². The molecule has 0 radical (unpaired) electrons. The summed E-state index contributed by atoms with van der Waals surface area (Å²) in [6, 6.07) is 76.4. The van der Waals surface area contributed by atoms with Gasteiger partial charge in [0.25, 0.3) is 0 Å². The molecule has 0 fully saturated rings. The molecule has 0 saturated carbocycles. The Bertz CT molecular complexity index is 3510. The minimum absolute atomic E-state index is 1.21. The molecule has 12 rings (SSSR count). The summed E-state index contributed by atoms with van der Waals surface area (Å²) in [4.78, 5) is 0. The van der Waals surface area contributed by atoms with Gasteiger partial charge in [-0.15, -0.1) is 11.3 Å². The molecule has 12 aromatic rings. The maximum atomic E-state index is 2.37. The van der Waals surface area contributed by atoms with E-state index in [0.717, 1.165) is 0 Å². The number of hydrogen-bond donors (Lipinski definition) is 0. The van der Waals surface area contributed by atoms with Crippen LogP contribution in [0.25, 0.3) is 119 Å². The molecule has 0 unspecified atom stereocenters. The molecule has 0 aliphatic carbocycles. The first kappa shape index (κ1) is 32.2. The topological polar surface area (TPSA) is 0 Å². The SMILES string of the molecule is c1ccc(-c2cc3ccccc3c3ccccc23)c(-c2ccc(-c3c4ccccc4c(-c4cccc5sc6ccc7ccccc7c6c45)c4ccccc34)cc2)c1. The zero-order valence-electron chi connectivity index (χ0n) is 31.0. The molecule has 1 heteroatoms. The van der Waals surface area contributed by atoms with Gasteiger partial charge in [-0.1, -0.05) is 188 Å². The Morgan fingerprint density at radius 1 is 0.246 bits per heavy atom. The van der Waals surface area contributed by atoms with Crippen LogP contribution in [-0.2, 0) is 0 Å². The predicted molar refractivity (Wildman–Crippen MR) is 249 cm³/mol. The Balaban J connectivity index is 1.06. The molecule has 11 aromatic carbocycles. The molecule has 0 saturated heterocycles. The quantitative estimate of drug-likeness (QED) is 0.125. The van der Waals surface area contributed by atoms with Gasteiger partial charge in [-0.25, -0.2) is 0 Å². The third kappa shape index (κ3) is 4.93. The van der Waals surface area contributed by atoms with Crippen LogP contribution in [-0.4, -0.2) is 0 Å². The van der Waals surface area contributed by atoms with Crippen molar-refractivity contribution in [3.05, 3.63) is 206 Å². The fourth-order valence-corrected chi connectivity index (χ4v) is 10.7. The first-order valence-corrected chi connectivity index (χ1v) is 20.5. The van der Waals surface area contributed by atoms with Crippen LogP contribution in [0.3, 0.4) is 0 Å². The first-order valence-electron chi connectivity index (χ1n) is 19.7. The molecule has 0 amide bonds. The second-order valence-electron chi connectivity index (χ2n) is 15.1. The largest absolute Gasteiger partial charge is 0.135 e. The summed E-state index contributed by atoms with van der Waals surface area (Å²) in [6.07, 6.45) is 0.